The zero-order valence-electron chi connectivity index (χ0n) is 7.71. The first kappa shape index (κ1) is 14.4. The highest BCUT2D eigenvalue weighted by atomic mass is 127. The summed E-state index contributed by atoms with van der Waals surface area (Å²) in [5.41, 5.74) is 0. The number of hydrogen-bond acceptors (Lipinski definition) is 2. The lowest BCUT2D eigenvalue weighted by Crippen LogP contribution is -1.98. The Balaban J connectivity index is 2.72. The zero-order valence-corrected chi connectivity index (χ0v) is 15.1. The molecule has 0 N–H and O–H groups in total. The molecule has 0 unspecified atom stereocenters. The first-order valence-electron chi connectivity index (χ1n) is 4.18. The smallest absolute Gasteiger partial charge is 0.146 e. The fraction of sp³-hybridized carbons (Fsp3) is 0.200. The summed E-state index contributed by atoms with van der Waals surface area (Å²) in [4.78, 5) is 0. The quantitative estimate of drug-likeness (QED) is 0.329. The van der Waals surface area contributed by atoms with Crippen molar-refractivity contribution in [2.24, 2.45) is 0 Å². The van der Waals surface area contributed by atoms with E-state index in [2.05, 4.69) is 92.5 Å². The molecule has 0 aromatic heterocycles. The summed E-state index contributed by atoms with van der Waals surface area (Å²) in [6.07, 6.45) is 3.96. The van der Waals surface area contributed by atoms with Gasteiger partial charge in [-0.1, -0.05) is 12.2 Å². The van der Waals surface area contributed by atoms with E-state index in [0.29, 0.717) is 6.61 Å². The number of ether oxygens (including phenoxy) is 1. The second-order valence-electron chi connectivity index (χ2n) is 2.66. The normalized spacial score (nSPS) is 10.9. The molecule has 1 aromatic rings. The van der Waals surface area contributed by atoms with E-state index in [1.807, 2.05) is 12.2 Å². The Morgan fingerprint density at radius 2 is 1.73 bits per heavy atom. The molecule has 0 saturated heterocycles. The van der Waals surface area contributed by atoms with Crippen molar-refractivity contribution in [1.29, 1.82) is 0 Å². The molecule has 0 radical (unpaired) electrons. The van der Waals surface area contributed by atoms with E-state index in [-0.39, 0.29) is 0 Å². The third-order valence-electron chi connectivity index (χ3n) is 1.56. The van der Waals surface area contributed by atoms with Crippen molar-refractivity contribution in [1.82, 2.24) is 0 Å². The Hall–Kier alpha value is 1.30. The van der Waals surface area contributed by atoms with Gasteiger partial charge in [0.25, 0.3) is 0 Å². The first-order chi connectivity index (χ1) is 7.15. The van der Waals surface area contributed by atoms with Gasteiger partial charge in [0.15, 0.2) is 0 Å². The molecule has 0 aliphatic heterocycles. The minimum atomic E-state index is 0.604. The highest BCUT2D eigenvalue weighted by Crippen LogP contribution is 2.29. The van der Waals surface area contributed by atoms with Crippen LogP contribution in [-0.2, 0) is 0 Å². The van der Waals surface area contributed by atoms with Crippen LogP contribution in [0.3, 0.4) is 0 Å². The Bertz CT molecular complexity index is 343. The van der Waals surface area contributed by atoms with Crippen LogP contribution in [-0.4, -0.2) is 12.4 Å². The van der Waals surface area contributed by atoms with E-state index < -0.39 is 0 Å². The van der Waals surface area contributed by atoms with Crippen molar-refractivity contribution in [3.05, 3.63) is 35.0 Å². The summed E-state index contributed by atoms with van der Waals surface area (Å²) in [5.74, 6) is 1.73. The van der Waals surface area contributed by atoms with E-state index in [1.165, 1.54) is 3.57 Å². The Kier molecular flexibility index (Phi) is 7.27. The molecule has 5 heteroatoms. The van der Waals surface area contributed by atoms with Crippen LogP contribution in [0.2, 0.25) is 0 Å². The van der Waals surface area contributed by atoms with Crippen LogP contribution < -0.4 is 4.74 Å². The molecule has 0 amide bonds. The van der Waals surface area contributed by atoms with Gasteiger partial charge in [-0.2, -0.15) is 12.6 Å². The van der Waals surface area contributed by atoms with Crippen molar-refractivity contribution >= 4 is 80.4 Å². The van der Waals surface area contributed by atoms with Crippen LogP contribution in [0.25, 0.3) is 0 Å². The second-order valence-corrected chi connectivity index (χ2v) is 6.60. The van der Waals surface area contributed by atoms with Gasteiger partial charge >= 0.3 is 0 Å². The predicted octanol–water partition coefficient (Wildman–Crippen LogP) is 4.37. The van der Waals surface area contributed by atoms with Crippen molar-refractivity contribution in [2.75, 3.05) is 12.4 Å². The van der Waals surface area contributed by atoms with Crippen LogP contribution in [0, 0.1) is 10.7 Å². The summed E-state index contributed by atoms with van der Waals surface area (Å²) in [5, 5.41) is 0. The molecule has 0 saturated carbocycles. The first-order valence-corrected chi connectivity index (χ1v) is 8.05. The SMILES string of the molecule is SCC=CCOc1c(I)cc(I)cc1I. The number of halogens is 3. The summed E-state index contributed by atoms with van der Waals surface area (Å²) < 4.78 is 9.23. The van der Waals surface area contributed by atoms with Crippen molar-refractivity contribution < 1.29 is 4.74 Å². The maximum Gasteiger partial charge on any atom is 0.146 e. The third kappa shape index (κ3) is 4.99. The summed E-state index contributed by atoms with van der Waals surface area (Å²) in [7, 11) is 0. The lowest BCUT2D eigenvalue weighted by molar-refractivity contribution is 0.357. The molecule has 0 spiro atoms. The molecular formula is C10H9I3OS. The van der Waals surface area contributed by atoms with Crippen LogP contribution in [0.5, 0.6) is 5.75 Å². The fourth-order valence-electron chi connectivity index (χ4n) is 0.941. The third-order valence-corrected chi connectivity index (χ3v) is 4.00. The predicted molar refractivity (Wildman–Crippen MR) is 93.1 cm³/mol. The molecule has 0 atom stereocenters. The summed E-state index contributed by atoms with van der Waals surface area (Å²) >= 11 is 11.0. The van der Waals surface area contributed by atoms with E-state index >= 15 is 0 Å². The number of hydrogen-bond donors (Lipinski definition) is 1. The average Bonchev–Trinajstić information content (AvgIpc) is 2.15. The molecule has 15 heavy (non-hydrogen) atoms. The minimum Gasteiger partial charge on any atom is -0.487 e. The Morgan fingerprint density at radius 3 is 2.27 bits per heavy atom. The van der Waals surface area contributed by atoms with Gasteiger partial charge in [-0.05, 0) is 79.9 Å². The van der Waals surface area contributed by atoms with Gasteiger partial charge in [0.2, 0.25) is 0 Å². The largest absolute Gasteiger partial charge is 0.487 e. The topological polar surface area (TPSA) is 9.23 Å². The molecule has 1 aromatic carbocycles. The fourth-order valence-corrected chi connectivity index (χ4v) is 4.98. The van der Waals surface area contributed by atoms with Crippen molar-refractivity contribution in [2.45, 2.75) is 0 Å². The average molecular weight is 558 g/mol. The van der Waals surface area contributed by atoms with E-state index in [1.54, 1.807) is 0 Å². The van der Waals surface area contributed by atoms with Crippen LogP contribution >= 0.6 is 80.4 Å². The standard InChI is InChI=1S/C10H9I3OS/c11-7-5-8(12)10(9(13)6-7)14-3-1-2-4-15/h1-2,5-6,15H,3-4H2. The van der Waals surface area contributed by atoms with E-state index in [0.717, 1.165) is 18.6 Å². The molecule has 0 heterocycles. The number of rotatable bonds is 4. The summed E-state index contributed by atoms with van der Waals surface area (Å²) in [6, 6.07) is 4.22. The molecule has 0 fully saturated rings. The van der Waals surface area contributed by atoms with Gasteiger partial charge in [0.05, 0.1) is 7.14 Å². The van der Waals surface area contributed by atoms with E-state index in [4.69, 9.17) is 4.74 Å². The molecular weight excluding hydrogens is 549 g/mol. The van der Waals surface area contributed by atoms with Gasteiger partial charge in [-0.15, -0.1) is 0 Å². The van der Waals surface area contributed by atoms with Crippen LogP contribution in [0.15, 0.2) is 24.3 Å². The highest BCUT2D eigenvalue weighted by molar-refractivity contribution is 14.1. The Labute approximate surface area is 136 Å². The van der Waals surface area contributed by atoms with E-state index in [9.17, 15) is 0 Å². The monoisotopic (exact) mass is 558 g/mol. The maximum absolute atomic E-state index is 5.69. The van der Waals surface area contributed by atoms with Crippen LogP contribution in [0.4, 0.5) is 0 Å². The Morgan fingerprint density at radius 1 is 1.13 bits per heavy atom. The summed E-state index contributed by atoms with van der Waals surface area (Å²) in [6.45, 7) is 0.604. The zero-order chi connectivity index (χ0) is 11.3. The molecule has 82 valence electrons. The molecule has 0 aliphatic rings. The highest BCUT2D eigenvalue weighted by Gasteiger charge is 2.06. The molecule has 1 nitrogen and oxygen atoms in total. The molecule has 0 aliphatic carbocycles. The van der Waals surface area contributed by atoms with Gasteiger partial charge in [0, 0.05) is 9.32 Å². The number of benzene rings is 1. The van der Waals surface area contributed by atoms with Crippen LogP contribution in [0.1, 0.15) is 0 Å². The van der Waals surface area contributed by atoms with Gasteiger partial charge < -0.3 is 4.74 Å². The second kappa shape index (κ2) is 7.59. The van der Waals surface area contributed by atoms with Crippen molar-refractivity contribution in [3.8, 4) is 5.75 Å². The lowest BCUT2D eigenvalue weighted by atomic mass is 10.3. The van der Waals surface area contributed by atoms with Gasteiger partial charge in [-0.3, -0.25) is 0 Å². The van der Waals surface area contributed by atoms with Crippen molar-refractivity contribution in [3.63, 3.8) is 0 Å². The molecule has 1 rings (SSSR count). The maximum atomic E-state index is 5.69. The molecule has 0 bridgehead atoms. The number of thiol groups is 1. The lowest BCUT2D eigenvalue weighted by Gasteiger charge is -2.08. The minimum absolute atomic E-state index is 0.604. The van der Waals surface area contributed by atoms with Gasteiger partial charge in [-0.25, -0.2) is 0 Å². The van der Waals surface area contributed by atoms with Gasteiger partial charge in [0.1, 0.15) is 12.4 Å².